The first-order chi connectivity index (χ1) is 8.96. The lowest BCUT2D eigenvalue weighted by Crippen LogP contribution is -2.90. The summed E-state index contributed by atoms with van der Waals surface area (Å²) >= 11 is 0. The Morgan fingerprint density at radius 1 is 1.32 bits per heavy atom. The number of nitrogens with zero attached hydrogens (tertiary/aromatic N) is 1. The van der Waals surface area contributed by atoms with Crippen LogP contribution in [0.1, 0.15) is 32.4 Å². The van der Waals surface area contributed by atoms with Crippen molar-refractivity contribution in [1.29, 1.82) is 0 Å². The maximum absolute atomic E-state index is 12.1. The highest BCUT2D eigenvalue weighted by molar-refractivity contribution is 5.68. The molecule has 1 aromatic carbocycles. The molecule has 104 valence electrons. The minimum absolute atomic E-state index is 0.207. The fraction of sp³-hybridized carbons (Fsp3) is 0.533. The molecular weight excluding hydrogens is 240 g/mol. The van der Waals surface area contributed by atoms with Crippen LogP contribution in [-0.4, -0.2) is 36.2 Å². The minimum Gasteiger partial charge on any atom is -0.444 e. The monoisotopic (exact) mass is 263 g/mol. The van der Waals surface area contributed by atoms with E-state index in [1.165, 1.54) is 5.56 Å². The maximum Gasteiger partial charge on any atom is 0.410 e. The average Bonchev–Trinajstić information content (AvgIpc) is 2.38. The number of hydrogen-bond donors (Lipinski definition) is 1. The second-order valence-electron chi connectivity index (χ2n) is 5.97. The Labute approximate surface area is 114 Å². The van der Waals surface area contributed by atoms with Gasteiger partial charge in [0.15, 0.2) is 0 Å². The molecule has 0 radical (unpaired) electrons. The van der Waals surface area contributed by atoms with Crippen molar-refractivity contribution in [2.75, 3.05) is 19.6 Å². The number of rotatable bonds is 1. The van der Waals surface area contributed by atoms with Gasteiger partial charge < -0.3 is 10.1 Å². The molecule has 0 spiro atoms. The van der Waals surface area contributed by atoms with Gasteiger partial charge >= 0.3 is 6.09 Å². The molecule has 2 rings (SSSR count). The molecule has 0 saturated carbocycles. The van der Waals surface area contributed by atoms with E-state index in [0.717, 1.165) is 13.1 Å². The third kappa shape index (κ3) is 3.96. The summed E-state index contributed by atoms with van der Waals surface area (Å²) in [5.74, 6) is 0. The number of benzene rings is 1. The largest absolute Gasteiger partial charge is 0.444 e. The highest BCUT2D eigenvalue weighted by Gasteiger charge is 2.30. The van der Waals surface area contributed by atoms with Crippen LogP contribution in [0.5, 0.6) is 0 Å². The van der Waals surface area contributed by atoms with E-state index >= 15 is 0 Å². The molecule has 1 fully saturated rings. The van der Waals surface area contributed by atoms with E-state index in [4.69, 9.17) is 4.74 Å². The first kappa shape index (κ1) is 13.9. The van der Waals surface area contributed by atoms with E-state index in [2.05, 4.69) is 17.4 Å². The zero-order valence-corrected chi connectivity index (χ0v) is 11.9. The number of carbonyl (C=O) groups is 1. The summed E-state index contributed by atoms with van der Waals surface area (Å²) < 4.78 is 5.43. The van der Waals surface area contributed by atoms with Crippen LogP contribution in [0.2, 0.25) is 0 Å². The van der Waals surface area contributed by atoms with Crippen molar-refractivity contribution in [2.45, 2.75) is 32.4 Å². The van der Waals surface area contributed by atoms with E-state index < -0.39 is 5.60 Å². The molecule has 0 unspecified atom stereocenters. The smallest absolute Gasteiger partial charge is 0.410 e. The fourth-order valence-corrected chi connectivity index (χ4v) is 2.27. The Morgan fingerprint density at radius 2 is 2.00 bits per heavy atom. The van der Waals surface area contributed by atoms with Crippen molar-refractivity contribution in [1.82, 2.24) is 4.90 Å². The number of quaternary nitrogens is 1. The molecule has 1 heterocycles. The van der Waals surface area contributed by atoms with Crippen molar-refractivity contribution in [2.24, 2.45) is 0 Å². The Kier molecular flexibility index (Phi) is 4.10. The topological polar surface area (TPSA) is 46.1 Å². The van der Waals surface area contributed by atoms with Gasteiger partial charge in [-0.05, 0) is 20.8 Å². The standard InChI is InChI=1S/C15H22N2O2/c1-15(2,3)19-14(18)17-10-9-16-13(11-17)12-7-5-4-6-8-12/h4-8,13,16H,9-11H2,1-3H3/p+1/t13-/m1/s1. The molecule has 4 nitrogen and oxygen atoms in total. The molecule has 19 heavy (non-hydrogen) atoms. The van der Waals surface area contributed by atoms with Gasteiger partial charge in [-0.25, -0.2) is 4.79 Å². The van der Waals surface area contributed by atoms with E-state index in [1.807, 2.05) is 43.9 Å². The predicted molar refractivity (Wildman–Crippen MR) is 73.8 cm³/mol. The lowest BCUT2D eigenvalue weighted by molar-refractivity contribution is -0.703. The highest BCUT2D eigenvalue weighted by atomic mass is 16.6. The van der Waals surface area contributed by atoms with Crippen molar-refractivity contribution in [3.63, 3.8) is 0 Å². The summed E-state index contributed by atoms with van der Waals surface area (Å²) in [6.45, 7) is 8.07. The third-order valence-electron chi connectivity index (χ3n) is 3.15. The van der Waals surface area contributed by atoms with Gasteiger partial charge in [0.25, 0.3) is 0 Å². The van der Waals surface area contributed by atoms with Crippen LogP contribution in [-0.2, 0) is 4.74 Å². The molecule has 1 aromatic rings. The van der Waals surface area contributed by atoms with Gasteiger partial charge in [-0.1, -0.05) is 30.3 Å². The summed E-state index contributed by atoms with van der Waals surface area (Å²) in [7, 11) is 0. The maximum atomic E-state index is 12.1. The molecule has 0 aliphatic carbocycles. The van der Waals surface area contributed by atoms with Gasteiger partial charge in [-0.2, -0.15) is 0 Å². The van der Waals surface area contributed by atoms with Crippen LogP contribution in [0.15, 0.2) is 30.3 Å². The van der Waals surface area contributed by atoms with Crippen LogP contribution in [0.25, 0.3) is 0 Å². The van der Waals surface area contributed by atoms with Crippen molar-refractivity contribution in [3.05, 3.63) is 35.9 Å². The van der Waals surface area contributed by atoms with Gasteiger partial charge in [0.1, 0.15) is 11.6 Å². The molecule has 1 aliphatic heterocycles. The molecule has 1 saturated heterocycles. The summed E-state index contributed by atoms with van der Waals surface area (Å²) in [5, 5.41) is 2.29. The number of piperazine rings is 1. The van der Waals surface area contributed by atoms with E-state index in [0.29, 0.717) is 12.6 Å². The second-order valence-corrected chi connectivity index (χ2v) is 5.97. The van der Waals surface area contributed by atoms with Crippen LogP contribution in [0, 0.1) is 0 Å². The quantitative estimate of drug-likeness (QED) is 0.835. The Bertz CT molecular complexity index is 426. The minimum atomic E-state index is -0.430. The summed E-state index contributed by atoms with van der Waals surface area (Å²) in [6, 6.07) is 10.6. The first-order valence-corrected chi connectivity index (χ1v) is 6.82. The second kappa shape index (κ2) is 5.61. The normalized spacial score (nSPS) is 20.2. The fourth-order valence-electron chi connectivity index (χ4n) is 2.27. The number of hydrogen-bond acceptors (Lipinski definition) is 2. The van der Waals surface area contributed by atoms with Crippen molar-refractivity contribution >= 4 is 6.09 Å². The number of amides is 1. The first-order valence-electron chi connectivity index (χ1n) is 6.82. The van der Waals surface area contributed by atoms with Gasteiger partial charge in [-0.15, -0.1) is 0 Å². The lowest BCUT2D eigenvalue weighted by atomic mass is 10.1. The molecule has 2 N–H and O–H groups in total. The van der Waals surface area contributed by atoms with Crippen LogP contribution >= 0.6 is 0 Å². The molecular formula is C15H23N2O2+. The summed E-state index contributed by atoms with van der Waals surface area (Å²) in [4.78, 5) is 13.9. The highest BCUT2D eigenvalue weighted by Crippen LogP contribution is 2.15. The molecule has 4 heteroatoms. The average molecular weight is 263 g/mol. The third-order valence-corrected chi connectivity index (χ3v) is 3.15. The van der Waals surface area contributed by atoms with Gasteiger partial charge in [0, 0.05) is 5.56 Å². The van der Waals surface area contributed by atoms with E-state index in [9.17, 15) is 4.79 Å². The van der Waals surface area contributed by atoms with Crippen LogP contribution < -0.4 is 5.32 Å². The number of ether oxygens (including phenoxy) is 1. The van der Waals surface area contributed by atoms with Crippen molar-refractivity contribution in [3.8, 4) is 0 Å². The van der Waals surface area contributed by atoms with E-state index in [-0.39, 0.29) is 6.09 Å². The Balaban J connectivity index is 2.00. The number of nitrogens with two attached hydrogens (primary N) is 1. The van der Waals surface area contributed by atoms with Gasteiger partial charge in [-0.3, -0.25) is 4.90 Å². The zero-order valence-electron chi connectivity index (χ0n) is 11.9. The number of carbonyl (C=O) groups excluding carboxylic acids is 1. The Hall–Kier alpha value is -1.55. The SMILES string of the molecule is CC(C)(C)OC(=O)N1CC[NH2+][C@@H](c2ccccc2)C1. The Morgan fingerprint density at radius 3 is 2.63 bits per heavy atom. The molecule has 1 amide bonds. The zero-order chi connectivity index (χ0) is 13.9. The van der Waals surface area contributed by atoms with Crippen LogP contribution in [0.3, 0.4) is 0 Å². The summed E-state index contributed by atoms with van der Waals surface area (Å²) in [5.41, 5.74) is 0.830. The predicted octanol–water partition coefficient (Wildman–Crippen LogP) is 1.54. The van der Waals surface area contributed by atoms with E-state index in [1.54, 1.807) is 0 Å². The molecule has 0 bridgehead atoms. The van der Waals surface area contributed by atoms with Gasteiger partial charge in [0.05, 0.1) is 19.6 Å². The van der Waals surface area contributed by atoms with Crippen LogP contribution in [0.4, 0.5) is 4.79 Å². The molecule has 1 atom stereocenters. The summed E-state index contributed by atoms with van der Waals surface area (Å²) in [6.07, 6.45) is -0.207. The molecule has 0 aromatic heterocycles. The molecule has 1 aliphatic rings. The van der Waals surface area contributed by atoms with Gasteiger partial charge in [0.2, 0.25) is 0 Å². The lowest BCUT2D eigenvalue weighted by Gasteiger charge is -2.32. The van der Waals surface area contributed by atoms with Crippen molar-refractivity contribution < 1.29 is 14.8 Å².